The largest absolute Gasteiger partial charge is 0.478 e. The molecule has 7 rings (SSSR count). The van der Waals surface area contributed by atoms with Crippen molar-refractivity contribution in [2.24, 2.45) is 56.7 Å². The van der Waals surface area contributed by atoms with E-state index in [9.17, 15) is 27.9 Å². The molecule has 9 atom stereocenters. The lowest BCUT2D eigenvalue weighted by molar-refractivity contribution is -0.225. The van der Waals surface area contributed by atoms with Gasteiger partial charge in [-0.3, -0.25) is 4.79 Å². The molecule has 1 heterocycles. The van der Waals surface area contributed by atoms with Crippen LogP contribution in [0.25, 0.3) is 5.57 Å². The van der Waals surface area contributed by atoms with Crippen LogP contribution in [0.2, 0.25) is 0 Å². The first-order valence-electron chi connectivity index (χ1n) is 20.1. The van der Waals surface area contributed by atoms with E-state index in [0.717, 1.165) is 68.9 Å². The molecule has 4 saturated carbocycles. The Balaban J connectivity index is 1.14. The molecule has 0 spiro atoms. The second-order valence-electron chi connectivity index (χ2n) is 19.3. The van der Waals surface area contributed by atoms with Crippen molar-refractivity contribution in [2.45, 2.75) is 118 Å². The molecule has 286 valence electrons. The molecule has 5 nitrogen and oxygen atoms in total. The molecule has 5 fully saturated rings. The molecule has 1 amide bonds. The third-order valence-corrected chi connectivity index (χ3v) is 16.9. The number of likely N-dealkylation sites (tertiary alicyclic amines) is 1. The first-order chi connectivity index (χ1) is 24.3. The van der Waals surface area contributed by atoms with Crippen LogP contribution in [0.3, 0.4) is 0 Å². The smallest absolute Gasteiger partial charge is 0.338 e. The number of hydrogen-bond acceptors (Lipinski definition) is 3. The zero-order valence-electron chi connectivity index (χ0n) is 32.4. The quantitative estimate of drug-likeness (QED) is 0.275. The van der Waals surface area contributed by atoms with E-state index in [0.29, 0.717) is 49.9 Å². The average molecular weight is 723 g/mol. The molecule has 1 aromatic carbocycles. The highest BCUT2D eigenvalue weighted by atomic mass is 19.3. The molecule has 0 aromatic heterocycles. The molecule has 5 aliphatic carbocycles. The number of piperidine rings is 1. The van der Waals surface area contributed by atoms with E-state index in [1.54, 1.807) is 6.07 Å². The van der Waals surface area contributed by atoms with Gasteiger partial charge in [0.2, 0.25) is 5.91 Å². The summed E-state index contributed by atoms with van der Waals surface area (Å²) in [5.74, 6) is -2.44. The highest BCUT2D eigenvalue weighted by Crippen LogP contribution is 2.77. The van der Waals surface area contributed by atoms with Crippen LogP contribution in [0.1, 0.15) is 128 Å². The maximum Gasteiger partial charge on any atom is 0.338 e. The predicted octanol–water partition coefficient (Wildman–Crippen LogP) is 10.0. The van der Waals surface area contributed by atoms with Crippen molar-refractivity contribution in [3.05, 3.63) is 53.4 Å². The van der Waals surface area contributed by atoms with Gasteiger partial charge in [0.1, 0.15) is 5.82 Å². The minimum absolute atomic E-state index is 0.0568. The molecule has 0 unspecified atom stereocenters. The molecule has 52 heavy (non-hydrogen) atoms. The number of carbonyl (C=O) groups excluding carboxylic acids is 1. The van der Waals surface area contributed by atoms with E-state index in [1.807, 2.05) is 0 Å². The van der Waals surface area contributed by atoms with E-state index >= 15 is 0 Å². The van der Waals surface area contributed by atoms with Gasteiger partial charge in [-0.05, 0) is 139 Å². The molecule has 1 saturated heterocycles. The van der Waals surface area contributed by atoms with E-state index in [2.05, 4.69) is 64.4 Å². The van der Waals surface area contributed by atoms with Crippen LogP contribution >= 0.6 is 0 Å². The molecular weight excluding hydrogens is 661 g/mol. The first-order valence-corrected chi connectivity index (χ1v) is 20.1. The number of halogens is 3. The van der Waals surface area contributed by atoms with Crippen LogP contribution < -0.4 is 5.32 Å². The van der Waals surface area contributed by atoms with Crippen LogP contribution in [0.5, 0.6) is 0 Å². The van der Waals surface area contributed by atoms with Gasteiger partial charge in [-0.25, -0.2) is 18.0 Å². The topological polar surface area (TPSA) is 69.6 Å². The number of carbonyl (C=O) groups is 2. The van der Waals surface area contributed by atoms with Gasteiger partial charge in [-0.2, -0.15) is 0 Å². The lowest BCUT2D eigenvalue weighted by Crippen LogP contribution is -2.66. The highest BCUT2D eigenvalue weighted by Gasteiger charge is 2.71. The zero-order chi connectivity index (χ0) is 37.6. The summed E-state index contributed by atoms with van der Waals surface area (Å²) in [6.45, 7) is 20.8. The number of nitrogens with zero attached hydrogens (tertiary/aromatic N) is 1. The van der Waals surface area contributed by atoms with Crippen LogP contribution in [-0.2, 0) is 4.79 Å². The van der Waals surface area contributed by atoms with Crippen LogP contribution in [0.15, 0.2) is 36.4 Å². The number of fused-ring (bicyclic) bond motifs is 7. The zero-order valence-corrected chi connectivity index (χ0v) is 32.4. The van der Waals surface area contributed by atoms with Crippen molar-refractivity contribution in [1.82, 2.24) is 10.2 Å². The van der Waals surface area contributed by atoms with Crippen LogP contribution in [0, 0.1) is 62.5 Å². The molecule has 6 aliphatic rings. The number of alkyl halides is 2. The van der Waals surface area contributed by atoms with Crippen LogP contribution in [-0.4, -0.2) is 54.0 Å². The summed E-state index contributed by atoms with van der Waals surface area (Å²) in [6.07, 6.45) is 11.3. The number of benzene rings is 1. The van der Waals surface area contributed by atoms with Crippen molar-refractivity contribution >= 4 is 17.4 Å². The van der Waals surface area contributed by atoms with Gasteiger partial charge in [0, 0.05) is 39.0 Å². The number of nitrogens with one attached hydrogen (secondary N) is 1. The molecular formula is C44H61F3N2O3. The van der Waals surface area contributed by atoms with Gasteiger partial charge in [-0.15, -0.1) is 0 Å². The van der Waals surface area contributed by atoms with Gasteiger partial charge in [0.15, 0.2) is 0 Å². The summed E-state index contributed by atoms with van der Waals surface area (Å²) >= 11 is 0. The van der Waals surface area contributed by atoms with Crippen molar-refractivity contribution < 1.29 is 27.9 Å². The number of hydrogen-bond donors (Lipinski definition) is 2. The van der Waals surface area contributed by atoms with Crippen molar-refractivity contribution in [1.29, 1.82) is 0 Å². The lowest BCUT2D eigenvalue weighted by atomic mass is 9.32. The number of amides is 1. The monoisotopic (exact) mass is 722 g/mol. The minimum atomic E-state index is -2.57. The summed E-state index contributed by atoms with van der Waals surface area (Å²) < 4.78 is 42.4. The van der Waals surface area contributed by atoms with Crippen molar-refractivity contribution in [3.63, 3.8) is 0 Å². The normalized spacial score (nSPS) is 40.7. The van der Waals surface area contributed by atoms with Gasteiger partial charge in [0.25, 0.3) is 5.92 Å². The Hall–Kier alpha value is -2.61. The number of allylic oxidation sites excluding steroid dienone is 3. The Bertz CT molecular complexity index is 1660. The molecule has 8 heteroatoms. The fourth-order valence-electron chi connectivity index (χ4n) is 14.1. The lowest BCUT2D eigenvalue weighted by Gasteiger charge is -2.72. The number of carboxylic acid groups (broad SMARTS) is 1. The van der Waals surface area contributed by atoms with Crippen LogP contribution in [0.4, 0.5) is 13.2 Å². The summed E-state index contributed by atoms with van der Waals surface area (Å²) in [5.41, 5.74) is 2.40. The molecule has 1 aliphatic heterocycles. The van der Waals surface area contributed by atoms with E-state index < -0.39 is 23.1 Å². The third kappa shape index (κ3) is 5.56. The second kappa shape index (κ2) is 12.7. The Kier molecular flexibility index (Phi) is 9.23. The first kappa shape index (κ1) is 37.7. The molecule has 2 N–H and O–H groups in total. The van der Waals surface area contributed by atoms with E-state index in [-0.39, 0.29) is 51.9 Å². The molecule has 1 aromatic rings. The molecule has 0 radical (unpaired) electrons. The number of carboxylic acids is 1. The maximum absolute atomic E-state index is 14.9. The Labute approximate surface area is 309 Å². The van der Waals surface area contributed by atoms with Crippen molar-refractivity contribution in [3.8, 4) is 0 Å². The average Bonchev–Trinajstić information content (AvgIpc) is 3.47. The Morgan fingerprint density at radius 3 is 2.29 bits per heavy atom. The summed E-state index contributed by atoms with van der Waals surface area (Å²) in [7, 11) is 0. The minimum Gasteiger partial charge on any atom is -0.478 e. The maximum atomic E-state index is 14.9. The standard InChI is InChI=1S/C44H61F3N2O3/c1-27(2)29-12-17-43(38(52)48-22-25-49-23-20-44(46,47)21-24-49)19-18-41(6)32(36(29)43)10-11-35-40(5)15-13-31(28-8-9-30(37(50)51)33(45)26-28)39(3,4)34(40)14-16-42(35,41)7/h8-9,13,26,29,32,34-36H,1,10-12,14-25H2,2-7H3,(H,48,52)(H,50,51)/t29-,32+,34-,35+,36+,40-,41+,42+,43-/m0/s1. The fraction of sp³-hybridized carbons (Fsp3) is 0.727. The number of rotatable bonds is 7. The highest BCUT2D eigenvalue weighted by molar-refractivity contribution is 5.88. The van der Waals surface area contributed by atoms with Gasteiger partial charge in [-0.1, -0.05) is 58.9 Å². The van der Waals surface area contributed by atoms with E-state index in [4.69, 9.17) is 0 Å². The SMILES string of the molecule is C=C(C)[C@@H]1CC[C@]2(C(=O)NCCN3CCC(F)(F)CC3)CC[C@]3(C)[C@H](CC[C@@H]4[C@@]5(C)CC=C(c6ccc(C(=O)O)c(F)c6)C(C)(C)[C@@H]5CC[C@]43C)[C@@H]12. The number of aromatic carboxylic acids is 1. The summed E-state index contributed by atoms with van der Waals surface area (Å²) in [5, 5.41) is 12.8. The van der Waals surface area contributed by atoms with Gasteiger partial charge < -0.3 is 15.3 Å². The van der Waals surface area contributed by atoms with Crippen molar-refractivity contribution in [2.75, 3.05) is 26.2 Å². The fourth-order valence-corrected chi connectivity index (χ4v) is 14.1. The summed E-state index contributed by atoms with van der Waals surface area (Å²) in [4.78, 5) is 28.0. The Morgan fingerprint density at radius 1 is 0.923 bits per heavy atom. The van der Waals surface area contributed by atoms with E-state index in [1.165, 1.54) is 17.7 Å². The second-order valence-corrected chi connectivity index (χ2v) is 19.3. The Morgan fingerprint density at radius 2 is 1.63 bits per heavy atom. The van der Waals surface area contributed by atoms with Gasteiger partial charge in [0.05, 0.1) is 11.0 Å². The predicted molar refractivity (Wildman–Crippen MR) is 199 cm³/mol. The van der Waals surface area contributed by atoms with Gasteiger partial charge >= 0.3 is 5.97 Å². The third-order valence-electron chi connectivity index (χ3n) is 16.9. The molecule has 0 bridgehead atoms. The summed E-state index contributed by atoms with van der Waals surface area (Å²) in [6, 6.07) is 4.60.